The van der Waals surface area contributed by atoms with E-state index in [1.165, 1.54) is 13.2 Å². The Balaban J connectivity index is 1.51. The van der Waals surface area contributed by atoms with Crippen molar-refractivity contribution >= 4 is 5.91 Å². The molecule has 0 saturated carbocycles. The van der Waals surface area contributed by atoms with E-state index in [1.807, 2.05) is 18.2 Å². The van der Waals surface area contributed by atoms with Gasteiger partial charge in [-0.25, -0.2) is 4.39 Å². The van der Waals surface area contributed by atoms with Crippen molar-refractivity contribution < 1.29 is 13.9 Å². The Morgan fingerprint density at radius 3 is 2.69 bits per heavy atom. The molecule has 1 amide bonds. The van der Waals surface area contributed by atoms with E-state index in [-0.39, 0.29) is 23.7 Å². The predicted octanol–water partition coefficient (Wildman–Crippen LogP) is 4.01. The number of hydrogen-bond acceptors (Lipinski definition) is 5. The van der Waals surface area contributed by atoms with E-state index in [0.29, 0.717) is 23.6 Å². The fraction of sp³-hybridized carbons (Fsp3) is 0.320. The number of benzene rings is 1. The fourth-order valence-corrected chi connectivity index (χ4v) is 4.24. The third-order valence-corrected chi connectivity index (χ3v) is 5.86. The number of carbonyl (C=O) groups excluding carboxylic acids is 1. The number of methoxy groups -OCH3 is 1. The number of piperidine rings is 1. The first-order valence-electron chi connectivity index (χ1n) is 10.8. The van der Waals surface area contributed by atoms with Crippen LogP contribution in [-0.4, -0.2) is 41.0 Å². The van der Waals surface area contributed by atoms with Crippen LogP contribution in [0, 0.1) is 11.7 Å². The Kier molecular flexibility index (Phi) is 7.07. The summed E-state index contributed by atoms with van der Waals surface area (Å²) in [5, 5.41) is 3.15. The van der Waals surface area contributed by atoms with Gasteiger partial charge >= 0.3 is 0 Å². The lowest BCUT2D eigenvalue weighted by atomic mass is 9.88. The summed E-state index contributed by atoms with van der Waals surface area (Å²) in [5.74, 6) is 0.165. The SMILES string of the molecule is COc1ccc(CN2CCC[C@@H]([C@@H](NC(=O)c3ccccn3)c3ccccn3)C2)c(F)c1. The number of nitrogens with zero attached hydrogens (tertiary/aromatic N) is 3. The summed E-state index contributed by atoms with van der Waals surface area (Å²) in [6.07, 6.45) is 5.26. The Morgan fingerprint density at radius 2 is 2.00 bits per heavy atom. The maximum atomic E-state index is 14.5. The molecule has 1 aliphatic rings. The van der Waals surface area contributed by atoms with Gasteiger partial charge in [0.15, 0.2) is 0 Å². The third kappa shape index (κ3) is 5.29. The van der Waals surface area contributed by atoms with E-state index < -0.39 is 0 Å². The van der Waals surface area contributed by atoms with Gasteiger partial charge in [0, 0.05) is 37.1 Å². The molecule has 7 heteroatoms. The van der Waals surface area contributed by atoms with Gasteiger partial charge in [0.05, 0.1) is 18.8 Å². The van der Waals surface area contributed by atoms with Crippen LogP contribution in [0.2, 0.25) is 0 Å². The molecule has 0 unspecified atom stereocenters. The van der Waals surface area contributed by atoms with E-state index in [4.69, 9.17) is 4.74 Å². The number of aromatic nitrogens is 2. The molecule has 0 aliphatic carbocycles. The average molecular weight is 435 g/mol. The quantitative estimate of drug-likeness (QED) is 0.609. The maximum absolute atomic E-state index is 14.5. The van der Waals surface area contributed by atoms with E-state index in [0.717, 1.165) is 31.6 Å². The summed E-state index contributed by atoms with van der Waals surface area (Å²) in [5.41, 5.74) is 1.83. The van der Waals surface area contributed by atoms with Gasteiger partial charge < -0.3 is 10.1 Å². The van der Waals surface area contributed by atoms with Crippen LogP contribution in [0.4, 0.5) is 4.39 Å². The molecule has 6 nitrogen and oxygen atoms in total. The minimum absolute atomic E-state index is 0.146. The number of carbonyl (C=O) groups is 1. The van der Waals surface area contributed by atoms with E-state index in [9.17, 15) is 9.18 Å². The summed E-state index contributed by atoms with van der Waals surface area (Å²) < 4.78 is 19.6. The molecule has 1 aromatic carbocycles. The van der Waals surface area contributed by atoms with Gasteiger partial charge in [-0.15, -0.1) is 0 Å². The highest BCUT2D eigenvalue weighted by molar-refractivity contribution is 5.92. The van der Waals surface area contributed by atoms with E-state index >= 15 is 0 Å². The first-order valence-corrected chi connectivity index (χ1v) is 10.8. The minimum atomic E-state index is -0.267. The molecule has 1 fully saturated rings. The smallest absolute Gasteiger partial charge is 0.270 e. The van der Waals surface area contributed by atoms with Crippen molar-refractivity contribution in [1.82, 2.24) is 20.2 Å². The van der Waals surface area contributed by atoms with Crippen LogP contribution in [0.15, 0.2) is 67.0 Å². The van der Waals surface area contributed by atoms with Gasteiger partial charge in [0.25, 0.3) is 5.91 Å². The van der Waals surface area contributed by atoms with Crippen LogP contribution in [-0.2, 0) is 6.54 Å². The topological polar surface area (TPSA) is 67.3 Å². The summed E-state index contributed by atoms with van der Waals surface area (Å²) in [4.78, 5) is 23.8. The molecule has 32 heavy (non-hydrogen) atoms. The van der Waals surface area contributed by atoms with Crippen LogP contribution in [0.5, 0.6) is 5.75 Å². The molecule has 1 saturated heterocycles. The molecular weight excluding hydrogens is 407 g/mol. The first-order chi connectivity index (χ1) is 15.6. The molecule has 1 aliphatic heterocycles. The first kappa shape index (κ1) is 21.9. The third-order valence-electron chi connectivity index (χ3n) is 5.86. The van der Waals surface area contributed by atoms with Crippen molar-refractivity contribution in [2.24, 2.45) is 5.92 Å². The summed E-state index contributed by atoms with van der Waals surface area (Å²) in [6, 6.07) is 15.7. The van der Waals surface area contributed by atoms with Gasteiger partial charge in [0.1, 0.15) is 17.3 Å². The Morgan fingerprint density at radius 1 is 1.19 bits per heavy atom. The van der Waals surface area contributed by atoms with Gasteiger partial charge in [-0.3, -0.25) is 19.7 Å². The zero-order chi connectivity index (χ0) is 22.3. The summed E-state index contributed by atoms with van der Waals surface area (Å²) >= 11 is 0. The second-order valence-electron chi connectivity index (χ2n) is 8.02. The Labute approximate surface area is 187 Å². The summed E-state index contributed by atoms with van der Waals surface area (Å²) in [6.45, 7) is 2.12. The Bertz CT molecular complexity index is 1030. The number of nitrogens with one attached hydrogen (secondary N) is 1. The molecule has 1 N–H and O–H groups in total. The van der Waals surface area contributed by atoms with Crippen molar-refractivity contribution in [3.63, 3.8) is 0 Å². The second kappa shape index (κ2) is 10.3. The van der Waals surface area contributed by atoms with Crippen LogP contribution in [0.3, 0.4) is 0 Å². The highest BCUT2D eigenvalue weighted by atomic mass is 19.1. The van der Waals surface area contributed by atoms with Crippen LogP contribution in [0.25, 0.3) is 0 Å². The maximum Gasteiger partial charge on any atom is 0.270 e. The number of ether oxygens (including phenoxy) is 1. The lowest BCUT2D eigenvalue weighted by molar-refractivity contribution is 0.0869. The number of rotatable bonds is 7. The number of halogens is 1. The standard InChI is InChI=1S/C25H27FN4O2/c1-32-20-11-10-18(21(26)15-20)16-30-14-6-7-19(17-30)24(22-8-2-4-12-27-22)29-25(31)23-9-3-5-13-28-23/h2-5,8-13,15,19,24H,6-7,14,16-17H2,1H3,(H,29,31)/t19-,24-/m1/s1. The van der Waals surface area contributed by atoms with Crippen molar-refractivity contribution in [3.8, 4) is 5.75 Å². The molecule has 2 atom stereocenters. The summed E-state index contributed by atoms with van der Waals surface area (Å²) in [7, 11) is 1.53. The van der Waals surface area contributed by atoms with Crippen molar-refractivity contribution in [1.29, 1.82) is 0 Å². The number of amides is 1. The predicted molar refractivity (Wildman–Crippen MR) is 120 cm³/mol. The molecule has 4 rings (SSSR count). The van der Waals surface area contributed by atoms with Gasteiger partial charge in [-0.1, -0.05) is 18.2 Å². The van der Waals surface area contributed by atoms with Crippen LogP contribution in [0.1, 0.15) is 40.6 Å². The molecule has 0 bridgehead atoms. The van der Waals surface area contributed by atoms with Gasteiger partial charge in [-0.2, -0.15) is 0 Å². The van der Waals surface area contributed by atoms with E-state index in [1.54, 1.807) is 42.7 Å². The second-order valence-corrected chi connectivity index (χ2v) is 8.02. The molecule has 2 aromatic heterocycles. The largest absolute Gasteiger partial charge is 0.497 e. The Hall–Kier alpha value is -3.32. The number of likely N-dealkylation sites (tertiary alicyclic amines) is 1. The van der Waals surface area contributed by atoms with Crippen molar-refractivity contribution in [3.05, 3.63) is 89.8 Å². The lowest BCUT2D eigenvalue weighted by Crippen LogP contribution is -2.43. The highest BCUT2D eigenvalue weighted by Gasteiger charge is 2.31. The van der Waals surface area contributed by atoms with Gasteiger partial charge in [-0.05, 0) is 55.6 Å². The van der Waals surface area contributed by atoms with Crippen molar-refractivity contribution in [2.75, 3.05) is 20.2 Å². The lowest BCUT2D eigenvalue weighted by Gasteiger charge is -2.37. The van der Waals surface area contributed by atoms with E-state index in [2.05, 4.69) is 20.2 Å². The molecule has 0 radical (unpaired) electrons. The minimum Gasteiger partial charge on any atom is -0.497 e. The van der Waals surface area contributed by atoms with Crippen LogP contribution < -0.4 is 10.1 Å². The number of hydrogen-bond donors (Lipinski definition) is 1. The van der Waals surface area contributed by atoms with Crippen molar-refractivity contribution in [2.45, 2.75) is 25.4 Å². The monoisotopic (exact) mass is 434 g/mol. The molecule has 3 aromatic rings. The number of pyridine rings is 2. The van der Waals surface area contributed by atoms with Gasteiger partial charge in [0.2, 0.25) is 0 Å². The normalized spacial score (nSPS) is 17.5. The molecule has 166 valence electrons. The van der Waals surface area contributed by atoms with Crippen LogP contribution >= 0.6 is 0 Å². The zero-order valence-corrected chi connectivity index (χ0v) is 18.1. The fourth-order valence-electron chi connectivity index (χ4n) is 4.24. The highest BCUT2D eigenvalue weighted by Crippen LogP contribution is 2.30. The molecule has 0 spiro atoms. The molecule has 3 heterocycles. The molecular formula is C25H27FN4O2. The average Bonchev–Trinajstić information content (AvgIpc) is 2.85. The zero-order valence-electron chi connectivity index (χ0n) is 18.1.